The molecule has 2 amide bonds. The lowest BCUT2D eigenvalue weighted by Gasteiger charge is -2.22. The Morgan fingerprint density at radius 2 is 1.77 bits per heavy atom. The van der Waals surface area contributed by atoms with Crippen LogP contribution in [0.1, 0.15) is 60.0 Å². The smallest absolute Gasteiger partial charge is 0.407 e. The van der Waals surface area contributed by atoms with Gasteiger partial charge in [0.2, 0.25) is 5.91 Å². The predicted molar refractivity (Wildman–Crippen MR) is 151 cm³/mol. The fourth-order valence-electron chi connectivity index (χ4n) is 3.66. The summed E-state index contributed by atoms with van der Waals surface area (Å²) in [6.07, 6.45) is 2.34. The lowest BCUT2D eigenvalue weighted by molar-refractivity contribution is -0.123. The molecule has 1 saturated carbocycles. The van der Waals surface area contributed by atoms with E-state index in [4.69, 9.17) is 9.54 Å². The van der Waals surface area contributed by atoms with Crippen LogP contribution in [0, 0.1) is 6.92 Å². The van der Waals surface area contributed by atoms with Gasteiger partial charge < -0.3 is 15.4 Å². The van der Waals surface area contributed by atoms with Crippen molar-refractivity contribution in [1.29, 1.82) is 0 Å². The Bertz CT molecular complexity index is 1330. The van der Waals surface area contributed by atoms with Gasteiger partial charge in [-0.15, -0.1) is 11.3 Å². The number of aryl methyl sites for hydroxylation is 1. The van der Waals surface area contributed by atoms with Crippen molar-refractivity contribution in [3.63, 3.8) is 0 Å². The van der Waals surface area contributed by atoms with E-state index in [-0.39, 0.29) is 11.6 Å². The van der Waals surface area contributed by atoms with Gasteiger partial charge in [-0.1, -0.05) is 55.0 Å². The first-order chi connectivity index (χ1) is 18.6. The molecule has 2 atom stereocenters. The van der Waals surface area contributed by atoms with E-state index < -0.39 is 28.5 Å². The van der Waals surface area contributed by atoms with Crippen molar-refractivity contribution in [2.24, 2.45) is 0 Å². The molecule has 10 nitrogen and oxygen atoms in total. The molecule has 0 aliphatic heterocycles. The molecular weight excluding hydrogens is 540 g/mol. The van der Waals surface area contributed by atoms with Gasteiger partial charge in [-0.3, -0.25) is 14.1 Å². The number of hydrogen-bond donors (Lipinski definition) is 4. The largest absolute Gasteiger partial charge is 0.453 e. The van der Waals surface area contributed by atoms with Gasteiger partial charge in [-0.2, -0.15) is 8.42 Å². The van der Waals surface area contributed by atoms with E-state index in [0.717, 1.165) is 29.1 Å². The summed E-state index contributed by atoms with van der Waals surface area (Å²) in [5.74, 6) is 0.133. The fourth-order valence-corrected chi connectivity index (χ4v) is 5.14. The highest BCUT2D eigenvalue weighted by Gasteiger charge is 2.29. The second-order valence-corrected chi connectivity index (χ2v) is 11.2. The lowest BCUT2D eigenvalue weighted by atomic mass is 10.0. The van der Waals surface area contributed by atoms with Crippen LogP contribution >= 0.6 is 11.3 Å². The van der Waals surface area contributed by atoms with Gasteiger partial charge in [0.15, 0.2) is 0 Å². The summed E-state index contributed by atoms with van der Waals surface area (Å²) in [6, 6.07) is 15.5. The number of hydrogen-bond acceptors (Lipinski definition) is 7. The van der Waals surface area contributed by atoms with Crippen LogP contribution in [-0.2, 0) is 26.3 Å². The molecule has 12 heteroatoms. The number of carbonyl (C=O) groups is 2. The van der Waals surface area contributed by atoms with Gasteiger partial charge in [-0.25, -0.2) is 9.78 Å². The van der Waals surface area contributed by atoms with E-state index in [0.29, 0.717) is 18.8 Å². The highest BCUT2D eigenvalue weighted by Crippen LogP contribution is 2.42. The summed E-state index contributed by atoms with van der Waals surface area (Å²) in [6.45, 7) is 3.87. The van der Waals surface area contributed by atoms with Crippen molar-refractivity contribution in [3.05, 3.63) is 81.8 Å². The minimum Gasteiger partial charge on any atom is -0.453 e. The van der Waals surface area contributed by atoms with Crippen molar-refractivity contribution in [2.45, 2.75) is 57.5 Å². The Balaban J connectivity index is 0.000000520. The number of thiazole rings is 1. The first-order valence-electron chi connectivity index (χ1n) is 12.5. The standard InChI is InChI=1S/C20H26N4O6S2.C7H8/c1-3-15(23-20(26)30-2)18(25)21-16(17-11-31-19(22-17)13-6-7-13)10-12-4-8-14(9-5-12)24-32(27,28)29;1-7-5-3-2-4-6-7/h4-5,8-9,11,13,15-16,24H,3,6-7,10H2,1-2H3,(H,21,25)(H,23,26)(H,27,28,29);2-6H,1H3/t15-,16-;/m0./s1. The molecular formula is C27H34N4O6S2. The van der Waals surface area contributed by atoms with Crippen LogP contribution in [0.5, 0.6) is 0 Å². The molecule has 4 N–H and O–H groups in total. The predicted octanol–water partition coefficient (Wildman–Crippen LogP) is 4.76. The number of ether oxygens (including phenoxy) is 1. The number of aromatic nitrogens is 1. The Morgan fingerprint density at radius 1 is 1.10 bits per heavy atom. The third-order valence-electron chi connectivity index (χ3n) is 5.92. The molecule has 0 saturated heterocycles. The molecule has 210 valence electrons. The number of carbonyl (C=O) groups excluding carboxylic acids is 2. The molecule has 3 aromatic rings. The van der Waals surface area contributed by atoms with Gasteiger partial charge in [0.25, 0.3) is 0 Å². The molecule has 4 rings (SSSR count). The number of rotatable bonds is 10. The second kappa shape index (κ2) is 14.1. The van der Waals surface area contributed by atoms with Crippen molar-refractivity contribution >= 4 is 39.3 Å². The zero-order chi connectivity index (χ0) is 28.4. The molecule has 1 fully saturated rings. The topological polar surface area (TPSA) is 147 Å². The van der Waals surface area contributed by atoms with Gasteiger partial charge >= 0.3 is 16.4 Å². The first kappa shape index (κ1) is 30.1. The minimum atomic E-state index is -4.36. The highest BCUT2D eigenvalue weighted by atomic mass is 32.2. The summed E-state index contributed by atoms with van der Waals surface area (Å²) in [7, 11) is -3.12. The van der Waals surface area contributed by atoms with Gasteiger partial charge in [-0.05, 0) is 50.3 Å². The van der Waals surface area contributed by atoms with Crippen molar-refractivity contribution in [2.75, 3.05) is 11.8 Å². The number of nitrogens with one attached hydrogen (secondary N) is 3. The molecule has 39 heavy (non-hydrogen) atoms. The molecule has 0 spiro atoms. The molecule has 1 aliphatic carbocycles. The number of anilines is 1. The highest BCUT2D eigenvalue weighted by molar-refractivity contribution is 7.87. The van der Waals surface area contributed by atoms with Crippen molar-refractivity contribution in [1.82, 2.24) is 15.6 Å². The van der Waals surface area contributed by atoms with E-state index in [1.165, 1.54) is 24.8 Å². The Labute approximate surface area is 233 Å². The Hall–Kier alpha value is -3.48. The summed E-state index contributed by atoms with van der Waals surface area (Å²) in [5, 5.41) is 8.47. The van der Waals surface area contributed by atoms with Gasteiger partial charge in [0, 0.05) is 11.3 Å². The van der Waals surface area contributed by atoms with Crippen LogP contribution in [0.25, 0.3) is 0 Å². The zero-order valence-electron chi connectivity index (χ0n) is 22.1. The maximum Gasteiger partial charge on any atom is 0.407 e. The average Bonchev–Trinajstić information content (AvgIpc) is 3.64. The van der Waals surface area contributed by atoms with Crippen LogP contribution in [0.3, 0.4) is 0 Å². The maximum atomic E-state index is 12.9. The monoisotopic (exact) mass is 574 g/mol. The van der Waals surface area contributed by atoms with Crippen molar-refractivity contribution < 1.29 is 27.3 Å². The Morgan fingerprint density at radius 3 is 2.28 bits per heavy atom. The van der Waals surface area contributed by atoms with E-state index in [1.54, 1.807) is 30.4 Å². The molecule has 0 bridgehead atoms. The van der Waals surface area contributed by atoms with Crippen LogP contribution < -0.4 is 15.4 Å². The van der Waals surface area contributed by atoms with E-state index in [9.17, 15) is 18.0 Å². The summed E-state index contributed by atoms with van der Waals surface area (Å²) < 4.78 is 37.4. The van der Waals surface area contributed by atoms with Crippen LogP contribution in [0.4, 0.5) is 10.5 Å². The fraction of sp³-hybridized carbons (Fsp3) is 0.370. The minimum absolute atomic E-state index is 0.217. The van der Waals surface area contributed by atoms with Crippen LogP contribution in [0.2, 0.25) is 0 Å². The number of benzene rings is 2. The maximum absolute atomic E-state index is 12.9. The number of alkyl carbamates (subject to hydrolysis) is 1. The quantitative estimate of drug-likeness (QED) is 0.255. The number of amides is 2. The Kier molecular flexibility index (Phi) is 10.8. The molecule has 0 radical (unpaired) electrons. The normalized spacial score (nSPS) is 14.3. The third-order valence-corrected chi connectivity index (χ3v) is 7.44. The summed E-state index contributed by atoms with van der Waals surface area (Å²) >= 11 is 1.57. The van der Waals surface area contributed by atoms with Gasteiger partial charge in [0.05, 0.1) is 29.5 Å². The van der Waals surface area contributed by atoms with E-state index >= 15 is 0 Å². The lowest BCUT2D eigenvalue weighted by Crippen LogP contribution is -2.47. The number of nitrogens with zero attached hydrogens (tertiary/aromatic N) is 1. The average molecular weight is 575 g/mol. The molecule has 1 aromatic heterocycles. The van der Waals surface area contributed by atoms with Gasteiger partial charge in [0.1, 0.15) is 6.04 Å². The first-order valence-corrected chi connectivity index (χ1v) is 14.9. The summed E-state index contributed by atoms with van der Waals surface area (Å²) in [4.78, 5) is 29.1. The van der Waals surface area contributed by atoms with Crippen LogP contribution in [0.15, 0.2) is 60.0 Å². The second-order valence-electron chi connectivity index (χ2n) is 9.18. The SMILES string of the molecule is CC[C@H](NC(=O)OC)C(=O)N[C@@H](Cc1ccc(NS(=O)(=O)O)cc1)c1csc(C2CC2)n1.Cc1ccccc1. The zero-order valence-corrected chi connectivity index (χ0v) is 23.7. The van der Waals surface area contributed by atoms with Crippen LogP contribution in [-0.4, -0.2) is 43.1 Å². The molecule has 2 aromatic carbocycles. The summed E-state index contributed by atoms with van der Waals surface area (Å²) in [5.41, 5.74) is 3.10. The molecule has 1 aliphatic rings. The molecule has 1 heterocycles. The van der Waals surface area contributed by atoms with E-state index in [1.807, 2.05) is 28.3 Å². The number of methoxy groups -OCH3 is 1. The van der Waals surface area contributed by atoms with E-state index in [2.05, 4.69) is 34.4 Å². The van der Waals surface area contributed by atoms with Crippen molar-refractivity contribution in [3.8, 4) is 0 Å². The molecule has 0 unspecified atom stereocenters. The third kappa shape index (κ3) is 10.3.